The number of benzene rings is 2. The zero-order chi connectivity index (χ0) is 20.9. The molecule has 0 saturated carbocycles. The van der Waals surface area contributed by atoms with Gasteiger partial charge in [-0.25, -0.2) is 8.78 Å². The summed E-state index contributed by atoms with van der Waals surface area (Å²) in [5.41, 5.74) is 0.0188. The van der Waals surface area contributed by atoms with Crippen molar-refractivity contribution in [1.29, 1.82) is 0 Å². The van der Waals surface area contributed by atoms with Crippen molar-refractivity contribution in [2.24, 2.45) is 7.05 Å². The van der Waals surface area contributed by atoms with Crippen molar-refractivity contribution in [1.82, 2.24) is 14.3 Å². The van der Waals surface area contributed by atoms with Crippen LogP contribution >= 0.6 is 35.0 Å². The number of carboxylic acid groups (broad SMARTS) is 1. The van der Waals surface area contributed by atoms with Gasteiger partial charge in [-0.05, 0) is 18.2 Å². The summed E-state index contributed by atoms with van der Waals surface area (Å²) in [6.45, 7) is 0. The Kier molecular flexibility index (Phi) is 6.86. The van der Waals surface area contributed by atoms with E-state index in [9.17, 15) is 18.7 Å². The van der Waals surface area contributed by atoms with Crippen molar-refractivity contribution < 1.29 is 48.2 Å². The van der Waals surface area contributed by atoms with Crippen LogP contribution < -0.4 is 34.7 Å². The summed E-state index contributed by atoms with van der Waals surface area (Å²) in [6, 6.07) is 6.85. The Bertz CT molecular complexity index is 1290. The second-order valence-corrected chi connectivity index (χ2v) is 7.91. The van der Waals surface area contributed by atoms with E-state index in [-0.39, 0.29) is 50.1 Å². The zero-order valence-corrected chi connectivity index (χ0v) is 19.9. The van der Waals surface area contributed by atoms with E-state index < -0.39 is 23.2 Å². The second-order valence-electron chi connectivity index (χ2n) is 6.09. The third-order valence-electron chi connectivity index (χ3n) is 4.27. The fourth-order valence-corrected chi connectivity index (χ4v) is 4.54. The number of aryl methyl sites for hydroxylation is 1. The fraction of sp³-hybridized carbons (Fsp3) is 0.0526. The number of hydrogen-bond acceptors (Lipinski definition) is 4. The van der Waals surface area contributed by atoms with Crippen LogP contribution in [0.1, 0.15) is 10.4 Å². The fourth-order valence-electron chi connectivity index (χ4n) is 2.97. The van der Waals surface area contributed by atoms with Crippen LogP contribution in [0.25, 0.3) is 16.6 Å². The maximum Gasteiger partial charge on any atom is 1.00 e. The molecule has 4 aromatic rings. The van der Waals surface area contributed by atoms with Crippen LogP contribution in [0.4, 0.5) is 8.78 Å². The van der Waals surface area contributed by atoms with Crippen molar-refractivity contribution in [2.75, 3.05) is 0 Å². The largest absolute Gasteiger partial charge is 1.00 e. The average molecular weight is 476 g/mol. The van der Waals surface area contributed by atoms with E-state index in [1.807, 2.05) is 0 Å². The van der Waals surface area contributed by atoms with Gasteiger partial charge in [0.1, 0.15) is 11.0 Å². The molecule has 0 unspecified atom stereocenters. The van der Waals surface area contributed by atoms with Crippen molar-refractivity contribution in [3.05, 3.63) is 70.1 Å². The van der Waals surface area contributed by atoms with Gasteiger partial charge >= 0.3 is 29.6 Å². The van der Waals surface area contributed by atoms with E-state index in [2.05, 4.69) is 5.10 Å². The molecule has 30 heavy (non-hydrogen) atoms. The molecule has 11 heteroatoms. The number of hydrogen-bond donors (Lipinski definition) is 0. The summed E-state index contributed by atoms with van der Waals surface area (Å²) in [4.78, 5) is 11.5. The minimum Gasteiger partial charge on any atom is -0.545 e. The molecule has 0 spiro atoms. The van der Waals surface area contributed by atoms with Crippen LogP contribution in [0.5, 0.6) is 0 Å². The van der Waals surface area contributed by atoms with Gasteiger partial charge in [-0.3, -0.25) is 9.25 Å². The van der Waals surface area contributed by atoms with Crippen molar-refractivity contribution >= 4 is 51.8 Å². The van der Waals surface area contributed by atoms with E-state index in [1.54, 1.807) is 19.3 Å². The molecular weight excluding hydrogens is 466 g/mol. The predicted molar refractivity (Wildman–Crippen MR) is 105 cm³/mol. The van der Waals surface area contributed by atoms with E-state index in [0.29, 0.717) is 16.0 Å². The van der Waals surface area contributed by atoms with E-state index in [1.165, 1.54) is 33.6 Å². The summed E-state index contributed by atoms with van der Waals surface area (Å²) in [7, 11) is 1.70. The maximum absolute atomic E-state index is 14.9. The van der Waals surface area contributed by atoms with Crippen LogP contribution in [0.15, 0.2) is 52.5 Å². The van der Waals surface area contributed by atoms with Gasteiger partial charge < -0.3 is 9.90 Å². The van der Waals surface area contributed by atoms with Gasteiger partial charge in [0.25, 0.3) is 0 Å². The molecular formula is C19H10Cl2F2N3NaO2S. The number of fused-ring (bicyclic) bond motifs is 1. The Morgan fingerprint density at radius 1 is 1.17 bits per heavy atom. The normalized spacial score (nSPS) is 11.0. The smallest absolute Gasteiger partial charge is 0.545 e. The van der Waals surface area contributed by atoms with Crippen LogP contribution in [-0.2, 0) is 7.05 Å². The molecule has 0 atom stereocenters. The molecule has 0 aliphatic heterocycles. The number of aromatic nitrogens is 3. The standard InChI is InChI=1S/C19H11Cl2F2N3O2S.Na/c1-25-8-9(7-24-25)26-16-11(5-6-12(20)15(16)23)17(18(26)21)29-13-4-2-3-10(14(13)22)19(27)28;/h2-8H,1H3,(H,27,28);/q;+1/p-1. The number of halogens is 4. The quantitative estimate of drug-likeness (QED) is 0.419. The molecule has 2 aromatic carbocycles. The predicted octanol–water partition coefficient (Wildman–Crippen LogP) is 1.47. The number of carboxylic acids is 1. The summed E-state index contributed by atoms with van der Waals surface area (Å²) in [5, 5.41) is 15.6. The Morgan fingerprint density at radius 3 is 2.53 bits per heavy atom. The Labute approximate surface area is 205 Å². The third-order valence-corrected chi connectivity index (χ3v) is 6.18. The number of carbonyl (C=O) groups is 1. The second kappa shape index (κ2) is 8.90. The zero-order valence-electron chi connectivity index (χ0n) is 15.6. The summed E-state index contributed by atoms with van der Waals surface area (Å²) in [6.07, 6.45) is 3.13. The first-order chi connectivity index (χ1) is 13.8. The molecule has 0 amide bonds. The number of rotatable bonds is 4. The van der Waals surface area contributed by atoms with Gasteiger partial charge in [-0.1, -0.05) is 47.1 Å². The molecule has 4 rings (SSSR count). The van der Waals surface area contributed by atoms with E-state index in [4.69, 9.17) is 23.2 Å². The Balaban J connectivity index is 0.00000256. The van der Waals surface area contributed by atoms with Crippen LogP contribution in [0, 0.1) is 11.6 Å². The molecule has 0 saturated heterocycles. The minimum absolute atomic E-state index is 0. The van der Waals surface area contributed by atoms with Crippen LogP contribution in [0.2, 0.25) is 10.2 Å². The molecule has 148 valence electrons. The van der Waals surface area contributed by atoms with Gasteiger partial charge in [0.15, 0.2) is 5.82 Å². The number of aromatic carboxylic acids is 1. The van der Waals surface area contributed by atoms with Gasteiger partial charge in [0.2, 0.25) is 0 Å². The molecule has 0 radical (unpaired) electrons. The Hall–Kier alpha value is -1.55. The number of carbonyl (C=O) groups excluding carboxylic acids is 1. The maximum atomic E-state index is 14.9. The monoisotopic (exact) mass is 475 g/mol. The molecule has 2 aromatic heterocycles. The van der Waals surface area contributed by atoms with Crippen molar-refractivity contribution in [3.8, 4) is 5.69 Å². The average Bonchev–Trinajstić information content (AvgIpc) is 3.21. The molecule has 0 aliphatic rings. The van der Waals surface area contributed by atoms with E-state index in [0.717, 1.165) is 17.8 Å². The summed E-state index contributed by atoms with van der Waals surface area (Å²) >= 11 is 13.4. The SMILES string of the molecule is Cn1cc(-n2c(Cl)c(Sc3cccc(C(=O)[O-])c3F)c3ccc(Cl)c(F)c32)cn1.[Na+]. The first-order valence-corrected chi connectivity index (χ1v) is 9.71. The molecule has 0 N–H and O–H groups in total. The third kappa shape index (κ3) is 3.88. The molecule has 2 heterocycles. The van der Waals surface area contributed by atoms with E-state index >= 15 is 0 Å². The molecule has 0 aliphatic carbocycles. The van der Waals surface area contributed by atoms with Crippen LogP contribution in [0.3, 0.4) is 0 Å². The Morgan fingerprint density at radius 2 is 1.90 bits per heavy atom. The molecule has 5 nitrogen and oxygen atoms in total. The van der Waals surface area contributed by atoms with Gasteiger partial charge in [-0.15, -0.1) is 0 Å². The van der Waals surface area contributed by atoms with Crippen molar-refractivity contribution in [2.45, 2.75) is 9.79 Å². The van der Waals surface area contributed by atoms with Gasteiger partial charge in [0, 0.05) is 29.1 Å². The first-order valence-electron chi connectivity index (χ1n) is 8.14. The number of nitrogens with zero attached hydrogens (tertiary/aromatic N) is 3. The minimum atomic E-state index is -1.63. The summed E-state index contributed by atoms with van der Waals surface area (Å²) < 4.78 is 32.5. The summed E-state index contributed by atoms with van der Waals surface area (Å²) in [5.74, 6) is -3.28. The first kappa shape index (κ1) is 23.1. The van der Waals surface area contributed by atoms with Gasteiger partial charge in [0.05, 0.1) is 33.3 Å². The topological polar surface area (TPSA) is 62.9 Å². The van der Waals surface area contributed by atoms with Crippen LogP contribution in [-0.4, -0.2) is 20.3 Å². The molecule has 0 fully saturated rings. The molecule has 0 bridgehead atoms. The van der Waals surface area contributed by atoms with Crippen molar-refractivity contribution in [3.63, 3.8) is 0 Å². The van der Waals surface area contributed by atoms with Gasteiger partial charge in [-0.2, -0.15) is 5.10 Å².